The van der Waals surface area contributed by atoms with Gasteiger partial charge < -0.3 is 5.32 Å². The van der Waals surface area contributed by atoms with E-state index >= 15 is 0 Å². The lowest BCUT2D eigenvalue weighted by Crippen LogP contribution is -2.22. The Labute approximate surface area is 108 Å². The third-order valence-electron chi connectivity index (χ3n) is 5.97. The molecule has 0 radical (unpaired) electrons. The molecule has 1 heteroatoms. The van der Waals surface area contributed by atoms with Crippen LogP contribution in [0.15, 0.2) is 0 Å². The molecule has 0 aromatic carbocycles. The van der Waals surface area contributed by atoms with E-state index in [1.54, 1.807) is 0 Å². The molecule has 1 nitrogen and oxygen atoms in total. The van der Waals surface area contributed by atoms with Gasteiger partial charge in [0.05, 0.1) is 0 Å². The summed E-state index contributed by atoms with van der Waals surface area (Å²) in [5.41, 5.74) is 1.19. The zero-order valence-corrected chi connectivity index (χ0v) is 12.5. The number of rotatable bonds is 7. The smallest absolute Gasteiger partial charge is 0.00683 e. The molecule has 3 atom stereocenters. The van der Waals surface area contributed by atoms with Gasteiger partial charge in [-0.2, -0.15) is 0 Å². The van der Waals surface area contributed by atoms with Gasteiger partial charge in [0.15, 0.2) is 0 Å². The molecule has 0 spiro atoms. The van der Waals surface area contributed by atoms with E-state index in [9.17, 15) is 0 Å². The average Bonchev–Trinajstić information content (AvgIpc) is 3.16. The van der Waals surface area contributed by atoms with Gasteiger partial charge in [0, 0.05) is 6.04 Å². The minimum Gasteiger partial charge on any atom is -0.314 e. The predicted molar refractivity (Wildman–Crippen MR) is 75.1 cm³/mol. The molecular formula is C16H31N. The molecule has 100 valence electrons. The summed E-state index contributed by atoms with van der Waals surface area (Å²) in [5.74, 6) is 1.80. The van der Waals surface area contributed by atoms with Crippen LogP contribution in [-0.4, -0.2) is 12.6 Å². The third-order valence-corrected chi connectivity index (χ3v) is 5.97. The van der Waals surface area contributed by atoms with Crippen LogP contribution in [0.2, 0.25) is 0 Å². The Kier molecular flexibility index (Phi) is 3.60. The Balaban J connectivity index is 1.95. The van der Waals surface area contributed by atoms with Crippen molar-refractivity contribution >= 4 is 0 Å². The Morgan fingerprint density at radius 2 is 1.88 bits per heavy atom. The van der Waals surface area contributed by atoms with E-state index in [1.165, 1.54) is 38.6 Å². The van der Waals surface area contributed by atoms with Crippen LogP contribution in [0.3, 0.4) is 0 Å². The zero-order chi connectivity index (χ0) is 12.7. The van der Waals surface area contributed by atoms with Gasteiger partial charge in [0.2, 0.25) is 0 Å². The van der Waals surface area contributed by atoms with E-state index in [4.69, 9.17) is 0 Å². The number of hydrogen-bond acceptors (Lipinski definition) is 1. The molecule has 0 aliphatic heterocycles. The van der Waals surface area contributed by atoms with Crippen LogP contribution in [0, 0.1) is 22.7 Å². The van der Waals surface area contributed by atoms with Gasteiger partial charge in [-0.25, -0.2) is 0 Å². The van der Waals surface area contributed by atoms with Crippen LogP contribution in [0.5, 0.6) is 0 Å². The third kappa shape index (κ3) is 2.28. The van der Waals surface area contributed by atoms with E-state index in [0.717, 1.165) is 17.9 Å². The second kappa shape index (κ2) is 4.57. The first-order chi connectivity index (χ1) is 7.98. The first-order valence-electron chi connectivity index (χ1n) is 7.71. The molecular weight excluding hydrogens is 206 g/mol. The van der Waals surface area contributed by atoms with Gasteiger partial charge in [0.25, 0.3) is 0 Å². The summed E-state index contributed by atoms with van der Waals surface area (Å²) >= 11 is 0. The van der Waals surface area contributed by atoms with E-state index in [1.807, 2.05) is 0 Å². The summed E-state index contributed by atoms with van der Waals surface area (Å²) in [7, 11) is 0. The van der Waals surface area contributed by atoms with Crippen molar-refractivity contribution in [3.8, 4) is 0 Å². The monoisotopic (exact) mass is 237 g/mol. The van der Waals surface area contributed by atoms with Crippen LogP contribution in [0.4, 0.5) is 0 Å². The highest BCUT2D eigenvalue weighted by Gasteiger charge is 2.68. The molecule has 0 heterocycles. The van der Waals surface area contributed by atoms with Crippen LogP contribution in [-0.2, 0) is 0 Å². The molecule has 0 aromatic heterocycles. The molecule has 17 heavy (non-hydrogen) atoms. The molecule has 0 bridgehead atoms. The van der Waals surface area contributed by atoms with Crippen molar-refractivity contribution in [2.75, 3.05) is 6.54 Å². The molecule has 0 saturated heterocycles. The minimum absolute atomic E-state index is 0.563. The van der Waals surface area contributed by atoms with Crippen molar-refractivity contribution in [2.24, 2.45) is 22.7 Å². The van der Waals surface area contributed by atoms with E-state index < -0.39 is 0 Å². The Bertz CT molecular complexity index is 267. The van der Waals surface area contributed by atoms with Crippen molar-refractivity contribution < 1.29 is 0 Å². The van der Waals surface area contributed by atoms with Crippen molar-refractivity contribution in [1.82, 2.24) is 5.32 Å². The lowest BCUT2D eigenvalue weighted by Gasteiger charge is -2.22. The SMILES string of the molecule is CCC(C)CC1(CC)C(CNC2CC2)C1(C)C. The first-order valence-corrected chi connectivity index (χ1v) is 7.71. The lowest BCUT2D eigenvalue weighted by molar-refractivity contribution is 0.280. The van der Waals surface area contributed by atoms with Crippen LogP contribution in [0.1, 0.15) is 66.7 Å². The van der Waals surface area contributed by atoms with Crippen molar-refractivity contribution in [3.05, 3.63) is 0 Å². The highest BCUT2D eigenvalue weighted by molar-refractivity contribution is 5.17. The fourth-order valence-electron chi connectivity index (χ4n) is 4.10. The Hall–Kier alpha value is -0.0400. The summed E-state index contributed by atoms with van der Waals surface area (Å²) in [4.78, 5) is 0. The van der Waals surface area contributed by atoms with Gasteiger partial charge in [-0.3, -0.25) is 0 Å². The van der Waals surface area contributed by atoms with Crippen molar-refractivity contribution in [3.63, 3.8) is 0 Å². The molecule has 0 aromatic rings. The molecule has 2 rings (SSSR count). The summed E-state index contributed by atoms with van der Waals surface area (Å²) in [6, 6.07) is 0.865. The maximum absolute atomic E-state index is 3.75. The van der Waals surface area contributed by atoms with Crippen LogP contribution < -0.4 is 5.32 Å². The van der Waals surface area contributed by atoms with E-state index in [2.05, 4.69) is 39.9 Å². The Morgan fingerprint density at radius 1 is 1.24 bits per heavy atom. The fraction of sp³-hybridized carbons (Fsp3) is 1.00. The summed E-state index contributed by atoms with van der Waals surface area (Å²) in [5, 5.41) is 3.75. The first kappa shape index (κ1) is 13.4. The van der Waals surface area contributed by atoms with Gasteiger partial charge in [-0.05, 0) is 54.9 Å². The quantitative estimate of drug-likeness (QED) is 0.699. The molecule has 0 amide bonds. The molecule has 2 aliphatic rings. The maximum atomic E-state index is 3.75. The van der Waals surface area contributed by atoms with Gasteiger partial charge in [-0.15, -0.1) is 0 Å². The fourth-order valence-corrected chi connectivity index (χ4v) is 4.10. The Morgan fingerprint density at radius 3 is 2.35 bits per heavy atom. The highest BCUT2D eigenvalue weighted by atomic mass is 15.0. The lowest BCUT2D eigenvalue weighted by atomic mass is 9.83. The summed E-state index contributed by atoms with van der Waals surface area (Å²) < 4.78 is 0. The number of nitrogens with one attached hydrogen (secondary N) is 1. The van der Waals surface area contributed by atoms with Crippen molar-refractivity contribution in [2.45, 2.75) is 72.8 Å². The van der Waals surface area contributed by atoms with Gasteiger partial charge in [0.1, 0.15) is 0 Å². The van der Waals surface area contributed by atoms with Gasteiger partial charge >= 0.3 is 0 Å². The summed E-state index contributed by atoms with van der Waals surface area (Å²) in [6.45, 7) is 13.4. The molecule has 2 saturated carbocycles. The highest BCUT2D eigenvalue weighted by Crippen LogP contribution is 2.73. The molecule has 1 N–H and O–H groups in total. The van der Waals surface area contributed by atoms with Crippen LogP contribution in [0.25, 0.3) is 0 Å². The second-order valence-electron chi connectivity index (χ2n) is 7.18. The van der Waals surface area contributed by atoms with Gasteiger partial charge in [-0.1, -0.05) is 41.0 Å². The number of hydrogen-bond donors (Lipinski definition) is 1. The predicted octanol–water partition coefficient (Wildman–Crippen LogP) is 4.23. The van der Waals surface area contributed by atoms with Crippen LogP contribution >= 0.6 is 0 Å². The normalized spacial score (nSPS) is 36.9. The summed E-state index contributed by atoms with van der Waals surface area (Å²) in [6.07, 6.45) is 6.96. The molecule has 3 unspecified atom stereocenters. The largest absolute Gasteiger partial charge is 0.314 e. The molecule has 2 aliphatic carbocycles. The minimum atomic E-state index is 0.563. The molecule has 2 fully saturated rings. The zero-order valence-electron chi connectivity index (χ0n) is 12.5. The topological polar surface area (TPSA) is 12.0 Å². The maximum Gasteiger partial charge on any atom is 0.00683 e. The van der Waals surface area contributed by atoms with E-state index in [-0.39, 0.29) is 0 Å². The second-order valence-corrected chi connectivity index (χ2v) is 7.18. The standard InChI is InChI=1S/C16H31N/c1-6-12(3)10-16(7-2)14(15(16,4)5)11-17-13-8-9-13/h12-14,17H,6-11H2,1-5H3. The van der Waals surface area contributed by atoms with Crippen molar-refractivity contribution in [1.29, 1.82) is 0 Å². The average molecular weight is 237 g/mol. The van der Waals surface area contributed by atoms with E-state index in [0.29, 0.717) is 10.8 Å².